The maximum absolute atomic E-state index is 12.1. The molecule has 1 aliphatic heterocycles. The molecular formula is C15H23F2N5O. The van der Waals surface area contributed by atoms with Crippen molar-refractivity contribution in [3.05, 3.63) is 12.4 Å². The van der Waals surface area contributed by atoms with Crippen molar-refractivity contribution >= 4 is 17.5 Å². The lowest BCUT2D eigenvalue weighted by atomic mass is 9.93. The van der Waals surface area contributed by atoms with Crippen LogP contribution in [-0.4, -0.2) is 56.0 Å². The molecule has 2 heterocycles. The number of amides is 1. The summed E-state index contributed by atoms with van der Waals surface area (Å²) < 4.78 is 24.1. The molecule has 128 valence electrons. The SMILES string of the molecule is CN(C)c1cc(N2CCC(CC(=O)NCC(F)F)CC2)ncn1. The van der Waals surface area contributed by atoms with E-state index in [-0.39, 0.29) is 11.8 Å². The Bertz CT molecular complexity index is 518. The smallest absolute Gasteiger partial charge is 0.255 e. The zero-order valence-corrected chi connectivity index (χ0v) is 13.5. The van der Waals surface area contributed by atoms with Crippen molar-refractivity contribution in [3.8, 4) is 0 Å². The Kier molecular flexibility index (Phi) is 6.06. The van der Waals surface area contributed by atoms with Crippen LogP contribution < -0.4 is 15.1 Å². The molecule has 23 heavy (non-hydrogen) atoms. The minimum absolute atomic E-state index is 0.235. The fourth-order valence-electron chi connectivity index (χ4n) is 2.65. The van der Waals surface area contributed by atoms with E-state index in [1.807, 2.05) is 25.1 Å². The van der Waals surface area contributed by atoms with E-state index in [1.165, 1.54) is 0 Å². The maximum Gasteiger partial charge on any atom is 0.255 e. The highest BCUT2D eigenvalue weighted by molar-refractivity contribution is 5.76. The fraction of sp³-hybridized carbons (Fsp3) is 0.667. The zero-order valence-electron chi connectivity index (χ0n) is 13.5. The number of rotatable bonds is 6. The third-order valence-corrected chi connectivity index (χ3v) is 3.96. The first-order chi connectivity index (χ1) is 11.0. The summed E-state index contributed by atoms with van der Waals surface area (Å²) in [4.78, 5) is 24.2. The van der Waals surface area contributed by atoms with Crippen LogP contribution in [0.15, 0.2) is 12.4 Å². The normalized spacial score (nSPS) is 15.8. The largest absolute Gasteiger partial charge is 0.363 e. The standard InChI is InChI=1S/C15H23F2N5O/c1-21(2)13-8-14(20-10-19-13)22-5-3-11(4-6-22)7-15(23)18-9-12(16)17/h8,10-12H,3-7,9H2,1-2H3,(H,18,23). The van der Waals surface area contributed by atoms with Crippen molar-refractivity contribution in [1.29, 1.82) is 0 Å². The van der Waals surface area contributed by atoms with Gasteiger partial charge in [-0.05, 0) is 18.8 Å². The quantitative estimate of drug-likeness (QED) is 0.859. The van der Waals surface area contributed by atoms with Gasteiger partial charge in [0.25, 0.3) is 6.43 Å². The van der Waals surface area contributed by atoms with Gasteiger partial charge in [-0.15, -0.1) is 0 Å². The maximum atomic E-state index is 12.1. The lowest BCUT2D eigenvalue weighted by Crippen LogP contribution is -2.37. The molecule has 0 unspecified atom stereocenters. The van der Waals surface area contributed by atoms with Gasteiger partial charge >= 0.3 is 0 Å². The number of alkyl halides is 2. The zero-order chi connectivity index (χ0) is 16.8. The molecule has 6 nitrogen and oxygen atoms in total. The number of hydrogen-bond acceptors (Lipinski definition) is 5. The van der Waals surface area contributed by atoms with Crippen LogP contribution >= 0.6 is 0 Å². The number of anilines is 2. The van der Waals surface area contributed by atoms with Crippen LogP contribution in [0.2, 0.25) is 0 Å². The second-order valence-corrected chi connectivity index (χ2v) is 5.96. The molecule has 0 saturated carbocycles. The lowest BCUT2D eigenvalue weighted by Gasteiger charge is -2.32. The van der Waals surface area contributed by atoms with Gasteiger partial charge in [0.2, 0.25) is 5.91 Å². The monoisotopic (exact) mass is 327 g/mol. The molecule has 1 N–H and O–H groups in total. The number of aromatic nitrogens is 2. The molecule has 1 saturated heterocycles. The summed E-state index contributed by atoms with van der Waals surface area (Å²) >= 11 is 0. The summed E-state index contributed by atoms with van der Waals surface area (Å²) in [6.07, 6.45) is 1.07. The molecule has 2 rings (SSSR count). The molecule has 0 bridgehead atoms. The van der Waals surface area contributed by atoms with Crippen LogP contribution in [-0.2, 0) is 4.79 Å². The first kappa shape index (κ1) is 17.4. The number of carbonyl (C=O) groups excluding carboxylic acids is 1. The average Bonchev–Trinajstić information content (AvgIpc) is 2.54. The second-order valence-electron chi connectivity index (χ2n) is 5.96. The van der Waals surface area contributed by atoms with Crippen molar-refractivity contribution in [1.82, 2.24) is 15.3 Å². The summed E-state index contributed by atoms with van der Waals surface area (Å²) in [7, 11) is 3.85. The molecule has 1 fully saturated rings. The van der Waals surface area contributed by atoms with E-state index in [2.05, 4.69) is 20.2 Å². The summed E-state index contributed by atoms with van der Waals surface area (Å²) in [5, 5.41) is 2.26. The Morgan fingerprint density at radius 3 is 2.70 bits per heavy atom. The van der Waals surface area contributed by atoms with Crippen molar-refractivity contribution < 1.29 is 13.6 Å². The van der Waals surface area contributed by atoms with Gasteiger partial charge in [-0.25, -0.2) is 18.7 Å². The molecule has 0 atom stereocenters. The molecule has 1 aromatic heterocycles. The number of carbonyl (C=O) groups is 1. The third-order valence-electron chi connectivity index (χ3n) is 3.96. The Morgan fingerprint density at radius 2 is 2.09 bits per heavy atom. The minimum atomic E-state index is -2.50. The van der Waals surface area contributed by atoms with Crippen LogP contribution in [0.25, 0.3) is 0 Å². The van der Waals surface area contributed by atoms with Gasteiger partial charge in [-0.3, -0.25) is 4.79 Å². The lowest BCUT2D eigenvalue weighted by molar-refractivity contribution is -0.122. The number of piperidine rings is 1. The highest BCUT2D eigenvalue weighted by Crippen LogP contribution is 2.25. The summed E-state index contributed by atoms with van der Waals surface area (Å²) in [5.41, 5.74) is 0. The minimum Gasteiger partial charge on any atom is -0.363 e. The molecule has 0 aliphatic carbocycles. The summed E-state index contributed by atoms with van der Waals surface area (Å²) in [5.74, 6) is 1.67. The van der Waals surface area contributed by atoms with E-state index >= 15 is 0 Å². The van der Waals surface area contributed by atoms with E-state index in [1.54, 1.807) is 6.33 Å². The molecule has 1 amide bonds. The van der Waals surface area contributed by atoms with E-state index in [0.29, 0.717) is 6.42 Å². The number of hydrogen-bond donors (Lipinski definition) is 1. The highest BCUT2D eigenvalue weighted by atomic mass is 19.3. The van der Waals surface area contributed by atoms with Crippen LogP contribution in [0.1, 0.15) is 19.3 Å². The van der Waals surface area contributed by atoms with Gasteiger partial charge in [0.15, 0.2) is 0 Å². The van der Waals surface area contributed by atoms with Crippen molar-refractivity contribution in [2.24, 2.45) is 5.92 Å². The van der Waals surface area contributed by atoms with Crippen molar-refractivity contribution in [2.45, 2.75) is 25.7 Å². The molecule has 0 spiro atoms. The molecule has 8 heteroatoms. The van der Waals surface area contributed by atoms with Crippen molar-refractivity contribution in [3.63, 3.8) is 0 Å². The topological polar surface area (TPSA) is 61.4 Å². The second kappa shape index (κ2) is 8.03. The van der Waals surface area contributed by atoms with E-state index in [9.17, 15) is 13.6 Å². The Morgan fingerprint density at radius 1 is 1.39 bits per heavy atom. The Hall–Kier alpha value is -1.99. The van der Waals surface area contributed by atoms with E-state index in [4.69, 9.17) is 0 Å². The van der Waals surface area contributed by atoms with Crippen molar-refractivity contribution in [2.75, 3.05) is 43.5 Å². The van der Waals surface area contributed by atoms with Gasteiger partial charge in [-0.1, -0.05) is 0 Å². The van der Waals surface area contributed by atoms with Gasteiger partial charge in [0.1, 0.15) is 18.0 Å². The van der Waals surface area contributed by atoms with E-state index < -0.39 is 13.0 Å². The van der Waals surface area contributed by atoms with Gasteiger partial charge in [0, 0.05) is 39.7 Å². The number of halogens is 2. The number of nitrogens with one attached hydrogen (secondary N) is 1. The van der Waals surface area contributed by atoms with Gasteiger partial charge in [0.05, 0.1) is 6.54 Å². The third kappa shape index (κ3) is 5.30. The molecule has 1 aromatic rings. The molecule has 0 aromatic carbocycles. The van der Waals surface area contributed by atoms with Crippen LogP contribution in [0.4, 0.5) is 20.4 Å². The molecular weight excluding hydrogens is 304 g/mol. The number of nitrogens with zero attached hydrogens (tertiary/aromatic N) is 4. The first-order valence-electron chi connectivity index (χ1n) is 7.75. The van der Waals surface area contributed by atoms with E-state index in [0.717, 1.165) is 37.6 Å². The predicted octanol–water partition coefficient (Wildman–Crippen LogP) is 1.53. The van der Waals surface area contributed by atoms with Gasteiger partial charge < -0.3 is 15.1 Å². The molecule has 0 radical (unpaired) electrons. The Labute approximate surface area is 134 Å². The van der Waals surface area contributed by atoms with Crippen LogP contribution in [0.5, 0.6) is 0 Å². The average molecular weight is 327 g/mol. The molecule has 1 aliphatic rings. The van der Waals surface area contributed by atoms with Crippen LogP contribution in [0, 0.1) is 5.92 Å². The fourth-order valence-corrected chi connectivity index (χ4v) is 2.65. The van der Waals surface area contributed by atoms with Crippen LogP contribution in [0.3, 0.4) is 0 Å². The first-order valence-corrected chi connectivity index (χ1v) is 7.75. The summed E-state index contributed by atoms with van der Waals surface area (Å²) in [6.45, 7) is 1.04. The predicted molar refractivity (Wildman–Crippen MR) is 84.9 cm³/mol. The van der Waals surface area contributed by atoms with Gasteiger partial charge in [-0.2, -0.15) is 0 Å². The summed E-state index contributed by atoms with van der Waals surface area (Å²) in [6, 6.07) is 1.94. The highest BCUT2D eigenvalue weighted by Gasteiger charge is 2.23. The Balaban J connectivity index is 1.82.